The molecule has 1 aromatic rings. The molecule has 0 aromatic carbocycles. The Morgan fingerprint density at radius 2 is 1.95 bits per heavy atom. The van der Waals surface area contributed by atoms with E-state index in [1.54, 1.807) is 0 Å². The molecule has 1 atom stereocenters. The Morgan fingerprint density at radius 1 is 1.32 bits per heavy atom. The van der Waals surface area contributed by atoms with E-state index >= 15 is 0 Å². The third-order valence-electron chi connectivity index (χ3n) is 3.49. The molecule has 0 saturated carbocycles. The highest BCUT2D eigenvalue weighted by molar-refractivity contribution is 5.25. The highest BCUT2D eigenvalue weighted by Crippen LogP contribution is 2.21. The molecule has 19 heavy (non-hydrogen) atoms. The molecular formula is C15H29N3O. The van der Waals surface area contributed by atoms with Gasteiger partial charge in [0.05, 0.1) is 11.2 Å². The molecule has 0 amide bonds. The van der Waals surface area contributed by atoms with Crippen LogP contribution in [0.4, 0.5) is 0 Å². The minimum Gasteiger partial charge on any atom is -0.396 e. The van der Waals surface area contributed by atoms with Crippen molar-refractivity contribution in [2.45, 2.75) is 60.0 Å². The zero-order chi connectivity index (χ0) is 14.6. The van der Waals surface area contributed by atoms with Crippen molar-refractivity contribution < 1.29 is 5.11 Å². The average molecular weight is 267 g/mol. The molecule has 0 fully saturated rings. The Hall–Kier alpha value is -0.870. The Morgan fingerprint density at radius 3 is 2.42 bits per heavy atom. The smallest absolute Gasteiger partial charge is 0.0641 e. The van der Waals surface area contributed by atoms with Crippen molar-refractivity contribution in [1.82, 2.24) is 15.1 Å². The van der Waals surface area contributed by atoms with E-state index in [9.17, 15) is 0 Å². The summed E-state index contributed by atoms with van der Waals surface area (Å²) in [7, 11) is 0. The maximum atomic E-state index is 8.89. The lowest BCUT2D eigenvalue weighted by Crippen LogP contribution is -2.25. The van der Waals surface area contributed by atoms with Crippen LogP contribution in [-0.4, -0.2) is 28.0 Å². The molecule has 0 aliphatic rings. The van der Waals surface area contributed by atoms with E-state index in [1.165, 1.54) is 11.3 Å². The fourth-order valence-electron chi connectivity index (χ4n) is 2.35. The molecule has 110 valence electrons. The molecule has 1 unspecified atom stereocenters. The van der Waals surface area contributed by atoms with Crippen LogP contribution in [0.1, 0.15) is 51.1 Å². The molecular weight excluding hydrogens is 238 g/mol. The fourth-order valence-corrected chi connectivity index (χ4v) is 2.35. The SMILES string of the molecule is Cc1nn(C(C)(C)C)c(C)c1CNCC(C)CCO. The summed E-state index contributed by atoms with van der Waals surface area (Å²) in [4.78, 5) is 0. The quantitative estimate of drug-likeness (QED) is 0.832. The number of hydrogen-bond donors (Lipinski definition) is 2. The van der Waals surface area contributed by atoms with E-state index in [0.717, 1.165) is 25.2 Å². The van der Waals surface area contributed by atoms with Crippen molar-refractivity contribution in [1.29, 1.82) is 0 Å². The van der Waals surface area contributed by atoms with Gasteiger partial charge in [0.1, 0.15) is 0 Å². The molecule has 0 saturated heterocycles. The van der Waals surface area contributed by atoms with Gasteiger partial charge in [0.15, 0.2) is 0 Å². The van der Waals surface area contributed by atoms with Gasteiger partial charge in [0.2, 0.25) is 0 Å². The van der Waals surface area contributed by atoms with Gasteiger partial charge in [-0.05, 0) is 53.5 Å². The van der Waals surface area contributed by atoms with Crippen molar-refractivity contribution in [3.63, 3.8) is 0 Å². The minimum absolute atomic E-state index is 0.0251. The molecule has 0 spiro atoms. The number of nitrogens with one attached hydrogen (secondary N) is 1. The summed E-state index contributed by atoms with van der Waals surface area (Å²) >= 11 is 0. The summed E-state index contributed by atoms with van der Waals surface area (Å²) < 4.78 is 2.11. The van der Waals surface area contributed by atoms with Crippen molar-refractivity contribution in [3.8, 4) is 0 Å². The second kappa shape index (κ2) is 6.53. The predicted octanol–water partition coefficient (Wildman–Crippen LogP) is 2.36. The van der Waals surface area contributed by atoms with Crippen molar-refractivity contribution >= 4 is 0 Å². The molecule has 1 heterocycles. The Kier molecular flexibility index (Phi) is 5.56. The van der Waals surface area contributed by atoms with Gasteiger partial charge in [-0.3, -0.25) is 4.68 Å². The van der Waals surface area contributed by atoms with Gasteiger partial charge in [0.25, 0.3) is 0 Å². The topological polar surface area (TPSA) is 50.1 Å². The highest BCUT2D eigenvalue weighted by atomic mass is 16.3. The number of aliphatic hydroxyl groups excluding tert-OH is 1. The third kappa shape index (κ3) is 4.32. The van der Waals surface area contributed by atoms with E-state index in [-0.39, 0.29) is 12.1 Å². The number of rotatable bonds is 6. The maximum absolute atomic E-state index is 8.89. The zero-order valence-electron chi connectivity index (χ0n) is 13.2. The van der Waals surface area contributed by atoms with Gasteiger partial charge < -0.3 is 10.4 Å². The fraction of sp³-hybridized carbons (Fsp3) is 0.800. The van der Waals surface area contributed by atoms with Crippen LogP contribution in [0.2, 0.25) is 0 Å². The second-order valence-corrected chi connectivity index (χ2v) is 6.48. The van der Waals surface area contributed by atoms with Gasteiger partial charge in [-0.2, -0.15) is 5.10 Å². The van der Waals surface area contributed by atoms with Gasteiger partial charge in [0, 0.05) is 24.4 Å². The molecule has 0 radical (unpaired) electrons. The Balaban J connectivity index is 2.67. The van der Waals surface area contributed by atoms with Crippen LogP contribution in [0.5, 0.6) is 0 Å². The number of aliphatic hydroxyl groups is 1. The standard InChI is InChI=1S/C15H29N3O/c1-11(7-8-19)9-16-10-14-12(2)17-18(13(14)3)15(4,5)6/h11,16,19H,7-10H2,1-6H3. The molecule has 0 aliphatic heterocycles. The Labute approximate surface area is 117 Å². The van der Waals surface area contributed by atoms with Crippen LogP contribution in [0, 0.1) is 19.8 Å². The predicted molar refractivity (Wildman–Crippen MR) is 79.3 cm³/mol. The summed E-state index contributed by atoms with van der Waals surface area (Å²) in [6.45, 7) is 14.9. The molecule has 4 heteroatoms. The lowest BCUT2D eigenvalue weighted by atomic mass is 10.1. The minimum atomic E-state index is 0.0251. The molecule has 4 nitrogen and oxygen atoms in total. The first-order chi connectivity index (χ1) is 8.77. The number of hydrogen-bond acceptors (Lipinski definition) is 3. The van der Waals surface area contributed by atoms with E-state index in [0.29, 0.717) is 5.92 Å². The van der Waals surface area contributed by atoms with Crippen molar-refractivity contribution in [3.05, 3.63) is 17.0 Å². The van der Waals surface area contributed by atoms with Crippen molar-refractivity contribution in [2.24, 2.45) is 5.92 Å². The molecule has 2 N–H and O–H groups in total. The largest absolute Gasteiger partial charge is 0.396 e. The molecule has 0 bridgehead atoms. The normalized spacial score (nSPS) is 13.8. The van der Waals surface area contributed by atoms with Crippen LogP contribution in [0.15, 0.2) is 0 Å². The van der Waals surface area contributed by atoms with E-state index in [4.69, 9.17) is 5.11 Å². The van der Waals surface area contributed by atoms with E-state index < -0.39 is 0 Å². The van der Waals surface area contributed by atoms with E-state index in [2.05, 4.69) is 56.6 Å². The first kappa shape index (κ1) is 16.2. The number of aryl methyl sites for hydroxylation is 1. The summed E-state index contributed by atoms with van der Waals surface area (Å²) in [5.41, 5.74) is 3.67. The van der Waals surface area contributed by atoms with Gasteiger partial charge in [-0.15, -0.1) is 0 Å². The Bertz CT molecular complexity index is 404. The third-order valence-corrected chi connectivity index (χ3v) is 3.49. The summed E-state index contributed by atoms with van der Waals surface area (Å²) in [5.74, 6) is 0.503. The van der Waals surface area contributed by atoms with E-state index in [1.807, 2.05) is 0 Å². The van der Waals surface area contributed by atoms with Gasteiger partial charge >= 0.3 is 0 Å². The zero-order valence-corrected chi connectivity index (χ0v) is 13.2. The van der Waals surface area contributed by atoms with Crippen LogP contribution >= 0.6 is 0 Å². The van der Waals surface area contributed by atoms with Crippen LogP contribution in [0.25, 0.3) is 0 Å². The number of aromatic nitrogens is 2. The first-order valence-electron chi connectivity index (χ1n) is 7.14. The monoisotopic (exact) mass is 267 g/mol. The van der Waals surface area contributed by atoms with Gasteiger partial charge in [-0.1, -0.05) is 6.92 Å². The lowest BCUT2D eigenvalue weighted by Gasteiger charge is -2.21. The summed E-state index contributed by atoms with van der Waals surface area (Å²) in [6, 6.07) is 0. The highest BCUT2D eigenvalue weighted by Gasteiger charge is 2.20. The maximum Gasteiger partial charge on any atom is 0.0641 e. The second-order valence-electron chi connectivity index (χ2n) is 6.48. The number of nitrogens with zero attached hydrogens (tertiary/aromatic N) is 2. The summed E-state index contributed by atoms with van der Waals surface area (Å²) in [5, 5.41) is 17.0. The van der Waals surface area contributed by atoms with Crippen LogP contribution in [-0.2, 0) is 12.1 Å². The molecule has 1 rings (SSSR count). The van der Waals surface area contributed by atoms with Crippen molar-refractivity contribution in [2.75, 3.05) is 13.2 Å². The van der Waals surface area contributed by atoms with Gasteiger partial charge in [-0.25, -0.2) is 0 Å². The summed E-state index contributed by atoms with van der Waals surface area (Å²) in [6.07, 6.45) is 0.853. The average Bonchev–Trinajstić information content (AvgIpc) is 2.56. The van der Waals surface area contributed by atoms with Crippen LogP contribution in [0.3, 0.4) is 0 Å². The first-order valence-corrected chi connectivity index (χ1v) is 7.14. The lowest BCUT2D eigenvalue weighted by molar-refractivity contribution is 0.260. The molecule has 0 aliphatic carbocycles. The molecule has 1 aromatic heterocycles. The van der Waals surface area contributed by atoms with Crippen LogP contribution < -0.4 is 5.32 Å².